The number of ether oxygens (including phenoxy) is 3. The van der Waals surface area contributed by atoms with Crippen molar-refractivity contribution in [3.8, 4) is 17.2 Å². The van der Waals surface area contributed by atoms with Crippen molar-refractivity contribution in [3.63, 3.8) is 0 Å². The summed E-state index contributed by atoms with van der Waals surface area (Å²) in [5, 5.41) is 20.2. The lowest BCUT2D eigenvalue weighted by Crippen LogP contribution is -2.33. The molecule has 10 heterocycles. The fraction of sp³-hybridized carbons (Fsp3) is 0.210. The first-order chi connectivity index (χ1) is 51.6. The monoisotopic (exact) mass is 1400 g/mol. The van der Waals surface area contributed by atoms with Gasteiger partial charge in [-0.3, -0.25) is 69.1 Å². The molecule has 0 aliphatic heterocycles. The average Bonchev–Trinajstić information content (AvgIpc) is 1.62. The summed E-state index contributed by atoms with van der Waals surface area (Å²) in [6, 6.07) is 72.1. The third-order valence-corrected chi connectivity index (χ3v) is 15.7. The summed E-state index contributed by atoms with van der Waals surface area (Å²) in [5.41, 5.74) is 12.4. The van der Waals surface area contributed by atoms with Crippen molar-refractivity contribution in [2.75, 3.05) is 39.2 Å². The van der Waals surface area contributed by atoms with E-state index in [4.69, 9.17) is 14.2 Å². The molecule has 13 rings (SSSR count). The molecule has 0 unspecified atom stereocenters. The zero-order chi connectivity index (χ0) is 72.7. The number of pyridine rings is 8. The number of amides is 1. The molecule has 0 spiro atoms. The molecule has 1 N–H and O–H groups in total. The van der Waals surface area contributed by atoms with Crippen molar-refractivity contribution in [1.82, 2.24) is 89.5 Å². The minimum Gasteiger partial charge on any atom is -0.497 e. The van der Waals surface area contributed by atoms with E-state index in [1.54, 1.807) is 50.6 Å². The highest BCUT2D eigenvalue weighted by molar-refractivity contribution is 5.92. The number of esters is 1. The van der Waals surface area contributed by atoms with Gasteiger partial charge in [0, 0.05) is 121 Å². The quantitative estimate of drug-likeness (QED) is 0.0396. The third kappa shape index (κ3) is 27.1. The van der Waals surface area contributed by atoms with Crippen LogP contribution in [-0.2, 0) is 86.3 Å². The molecule has 105 heavy (non-hydrogen) atoms. The second-order valence-electron chi connectivity index (χ2n) is 24.0. The predicted molar refractivity (Wildman–Crippen MR) is 400 cm³/mol. The van der Waals surface area contributed by atoms with Gasteiger partial charge >= 0.3 is 5.97 Å². The fourth-order valence-electron chi connectivity index (χ4n) is 10.8. The first-order valence-electron chi connectivity index (χ1n) is 34.3. The summed E-state index contributed by atoms with van der Waals surface area (Å²) in [6.07, 6.45) is 18.2. The molecule has 0 aliphatic rings. The first-order valence-corrected chi connectivity index (χ1v) is 34.3. The lowest BCUT2D eigenvalue weighted by atomic mass is 10.2. The molecule has 1 amide bonds. The molecule has 0 saturated carbocycles. The van der Waals surface area contributed by atoms with Crippen molar-refractivity contribution in [3.05, 3.63) is 349 Å². The van der Waals surface area contributed by atoms with Gasteiger partial charge in [-0.1, -0.05) is 89.3 Å². The van der Waals surface area contributed by atoms with Crippen LogP contribution in [0.5, 0.6) is 11.5 Å². The minimum absolute atomic E-state index is 0.0573. The van der Waals surface area contributed by atoms with Crippen LogP contribution < -0.4 is 14.8 Å². The van der Waals surface area contributed by atoms with Crippen LogP contribution in [0.3, 0.4) is 0 Å². The zero-order valence-electron chi connectivity index (χ0n) is 59.1. The lowest BCUT2D eigenvalue weighted by molar-refractivity contribution is -0.144. The van der Waals surface area contributed by atoms with Crippen LogP contribution in [0, 0.1) is 0 Å². The first kappa shape index (κ1) is 75.2. The summed E-state index contributed by atoms with van der Waals surface area (Å²) in [5.74, 6) is 1.37. The zero-order valence-corrected chi connectivity index (χ0v) is 59.1. The normalized spacial score (nSPS) is 10.8. The Balaban J connectivity index is 0.000000151. The molecule has 24 nitrogen and oxygen atoms in total. The molecule has 534 valence electrons. The molecule has 0 atom stereocenters. The van der Waals surface area contributed by atoms with Gasteiger partial charge in [-0.2, -0.15) is 0 Å². The Morgan fingerprint density at radius 3 is 1.06 bits per heavy atom. The second-order valence-corrected chi connectivity index (χ2v) is 24.0. The molecule has 0 saturated heterocycles. The van der Waals surface area contributed by atoms with E-state index in [9.17, 15) is 9.59 Å². The van der Waals surface area contributed by atoms with Gasteiger partial charge in [-0.05, 0) is 158 Å². The largest absolute Gasteiger partial charge is 0.497 e. The van der Waals surface area contributed by atoms with Gasteiger partial charge in [0.25, 0.3) is 0 Å². The highest BCUT2D eigenvalue weighted by Crippen LogP contribution is 2.19. The smallest absolute Gasteiger partial charge is 0.320 e. The summed E-state index contributed by atoms with van der Waals surface area (Å²) in [7, 11) is 3.32. The Hall–Kier alpha value is -12.5. The number of hydrogen-bond donors (Lipinski definition) is 1. The maximum absolute atomic E-state index is 12.4. The van der Waals surface area contributed by atoms with Crippen LogP contribution in [0.25, 0.3) is 5.69 Å². The van der Waals surface area contributed by atoms with E-state index < -0.39 is 0 Å². The van der Waals surface area contributed by atoms with Gasteiger partial charge < -0.3 is 19.5 Å². The molecular formula is C81H85N19O5. The summed E-state index contributed by atoms with van der Waals surface area (Å²) < 4.78 is 19.1. The number of anilines is 1. The number of nitrogens with one attached hydrogen (secondary N) is 1. The van der Waals surface area contributed by atoms with Gasteiger partial charge in [0.15, 0.2) is 0 Å². The number of nitrogens with zero attached hydrogens (tertiary/aromatic N) is 18. The van der Waals surface area contributed by atoms with Crippen LogP contribution in [-0.4, -0.2) is 135 Å². The molecule has 0 fully saturated rings. The van der Waals surface area contributed by atoms with Crippen molar-refractivity contribution < 1.29 is 23.8 Å². The molecule has 13 aromatic rings. The van der Waals surface area contributed by atoms with Crippen molar-refractivity contribution in [1.29, 1.82) is 0 Å². The summed E-state index contributed by atoms with van der Waals surface area (Å²) in [6.45, 7) is 9.80. The molecule has 0 aliphatic carbocycles. The number of benzene rings is 3. The maximum atomic E-state index is 12.4. The number of aromatic nitrogens is 14. The highest BCUT2D eigenvalue weighted by Gasteiger charge is 2.18. The Bertz CT molecular complexity index is 4370. The standard InChI is InChI=1S/C23H24N6O.C22H22N6O.C20H20N4O.C16H19N3O2/c1-30-23-10-8-19(9-11-23)14-29-18-22(26-27-29)17-28(15-20-6-2-4-12-24-20)16-21-7-3-5-13-25-21;1-29-22-10-8-21(9-11-22)28-17-20(25-26-28)16-27(14-18-6-2-4-12-23-18)15-19-7-3-5-13-24-19;25-20(23-17-8-2-1-3-9-17)16-24(14-18-10-4-6-12-21-18)15-19-11-5-7-13-22-19;1-2-21-16(20)13-19(11-14-7-3-5-9-17-14)12-15-8-4-6-10-18-15/h2-13,18H,14-17H2,1H3;2-13,17H,14-16H2,1H3;1-13H,14-16H2,(H,23,25);3-10H,2,11-13H2,1H3. The Labute approximate surface area is 612 Å². The fourth-order valence-corrected chi connectivity index (χ4v) is 10.8. The van der Waals surface area contributed by atoms with Gasteiger partial charge in [0.05, 0.1) is 115 Å². The number of rotatable bonds is 31. The van der Waals surface area contributed by atoms with E-state index in [1.807, 2.05) is 276 Å². The average molecular weight is 1400 g/mol. The van der Waals surface area contributed by atoms with Gasteiger partial charge in [-0.15, -0.1) is 10.2 Å². The summed E-state index contributed by atoms with van der Waals surface area (Å²) >= 11 is 0. The SMILES string of the molecule is CCOC(=O)CN(Cc1ccccn1)Cc1ccccn1.COc1ccc(-n2cc(CN(Cc3ccccn3)Cc3ccccn3)nn2)cc1.COc1ccc(Cn2cc(CN(Cc3ccccn3)Cc3ccccn3)nn2)cc1.O=C(CN(Cc1ccccn1)Cc1ccccn1)Nc1ccccc1. The van der Waals surface area contributed by atoms with E-state index in [0.717, 1.165) is 85.4 Å². The number of carbonyl (C=O) groups is 2. The van der Waals surface area contributed by atoms with E-state index in [1.165, 1.54) is 0 Å². The molecule has 0 bridgehead atoms. The van der Waals surface area contributed by atoms with Crippen LogP contribution in [0.15, 0.2) is 286 Å². The van der Waals surface area contributed by atoms with Crippen LogP contribution >= 0.6 is 0 Å². The van der Waals surface area contributed by atoms with Crippen molar-refractivity contribution >= 4 is 17.6 Å². The van der Waals surface area contributed by atoms with Crippen LogP contribution in [0.4, 0.5) is 5.69 Å². The van der Waals surface area contributed by atoms with Crippen molar-refractivity contribution in [2.45, 2.75) is 78.9 Å². The minimum atomic E-state index is -0.232. The van der Waals surface area contributed by atoms with Crippen LogP contribution in [0.1, 0.15) is 69.4 Å². The Kier molecular flexibility index (Phi) is 30.1. The molecule has 10 aromatic heterocycles. The third-order valence-electron chi connectivity index (χ3n) is 15.7. The van der Waals surface area contributed by atoms with E-state index >= 15 is 0 Å². The molecule has 24 heteroatoms. The summed E-state index contributed by atoms with van der Waals surface area (Å²) in [4.78, 5) is 67.8. The van der Waals surface area contributed by atoms with Gasteiger partial charge in [0.2, 0.25) is 5.91 Å². The topological polar surface area (TPSA) is 251 Å². The second kappa shape index (κ2) is 42.1. The van der Waals surface area contributed by atoms with E-state index in [-0.39, 0.29) is 25.0 Å². The number of methoxy groups -OCH3 is 2. The molecule has 0 radical (unpaired) electrons. The molecular weight excluding hydrogens is 1320 g/mol. The highest BCUT2D eigenvalue weighted by atomic mass is 16.5. The lowest BCUT2D eigenvalue weighted by Gasteiger charge is -2.21. The predicted octanol–water partition coefficient (Wildman–Crippen LogP) is 11.8. The number of para-hydroxylation sites is 1. The van der Waals surface area contributed by atoms with Gasteiger partial charge in [0.1, 0.15) is 11.5 Å². The maximum Gasteiger partial charge on any atom is 0.320 e. The number of carbonyl (C=O) groups excluding carboxylic acids is 2. The van der Waals surface area contributed by atoms with Crippen LogP contribution in [0.2, 0.25) is 0 Å². The van der Waals surface area contributed by atoms with E-state index in [2.05, 4.69) is 75.6 Å². The Morgan fingerprint density at radius 1 is 0.362 bits per heavy atom. The molecule has 3 aromatic carbocycles. The van der Waals surface area contributed by atoms with E-state index in [0.29, 0.717) is 78.6 Å². The number of hydrogen-bond acceptors (Lipinski definition) is 21. The Morgan fingerprint density at radius 2 is 0.695 bits per heavy atom. The van der Waals surface area contributed by atoms with Crippen molar-refractivity contribution in [2.24, 2.45) is 0 Å². The van der Waals surface area contributed by atoms with Gasteiger partial charge in [-0.25, -0.2) is 9.36 Å².